The zero-order chi connectivity index (χ0) is 11.2. The SMILES string of the molecule is O=C1CN2CCCCCCCCCCC2=N1. The summed E-state index contributed by atoms with van der Waals surface area (Å²) in [6, 6.07) is 0. The van der Waals surface area contributed by atoms with Crippen molar-refractivity contribution in [3.05, 3.63) is 0 Å². The Labute approximate surface area is 97.9 Å². The van der Waals surface area contributed by atoms with E-state index in [-0.39, 0.29) is 5.91 Å². The molecule has 90 valence electrons. The molecular formula is C13H22N2O. The van der Waals surface area contributed by atoms with Crippen LogP contribution in [0.25, 0.3) is 0 Å². The van der Waals surface area contributed by atoms with Crippen LogP contribution < -0.4 is 0 Å². The van der Waals surface area contributed by atoms with E-state index in [0.29, 0.717) is 6.54 Å². The summed E-state index contributed by atoms with van der Waals surface area (Å²) in [5.41, 5.74) is 0. The molecule has 16 heavy (non-hydrogen) atoms. The average molecular weight is 222 g/mol. The minimum Gasteiger partial charge on any atom is -0.351 e. The van der Waals surface area contributed by atoms with Gasteiger partial charge in [-0.15, -0.1) is 0 Å². The van der Waals surface area contributed by atoms with Gasteiger partial charge in [0.15, 0.2) is 0 Å². The van der Waals surface area contributed by atoms with E-state index >= 15 is 0 Å². The number of fused-ring (bicyclic) bond motifs is 1. The fraction of sp³-hybridized carbons (Fsp3) is 0.846. The average Bonchev–Trinajstić information content (AvgIpc) is 2.59. The van der Waals surface area contributed by atoms with E-state index in [1.807, 2.05) is 0 Å². The lowest BCUT2D eigenvalue weighted by atomic mass is 10.1. The molecule has 2 aliphatic heterocycles. The molecule has 0 unspecified atom stereocenters. The Morgan fingerprint density at radius 1 is 0.875 bits per heavy atom. The molecule has 0 atom stereocenters. The van der Waals surface area contributed by atoms with Gasteiger partial charge in [0.2, 0.25) is 0 Å². The number of rotatable bonds is 0. The molecule has 1 saturated heterocycles. The van der Waals surface area contributed by atoms with Gasteiger partial charge in [0.05, 0.1) is 0 Å². The molecule has 0 radical (unpaired) electrons. The molecule has 0 aromatic heterocycles. The molecular weight excluding hydrogens is 200 g/mol. The molecule has 0 N–H and O–H groups in total. The topological polar surface area (TPSA) is 32.7 Å². The quantitative estimate of drug-likeness (QED) is 0.631. The van der Waals surface area contributed by atoms with E-state index in [4.69, 9.17) is 0 Å². The minimum absolute atomic E-state index is 0.0601. The molecule has 1 fully saturated rings. The van der Waals surface area contributed by atoms with Gasteiger partial charge >= 0.3 is 0 Å². The first-order valence-corrected chi connectivity index (χ1v) is 6.71. The predicted molar refractivity (Wildman–Crippen MR) is 65.6 cm³/mol. The second-order valence-electron chi connectivity index (χ2n) is 4.92. The van der Waals surface area contributed by atoms with E-state index in [1.54, 1.807) is 0 Å². The summed E-state index contributed by atoms with van der Waals surface area (Å²) in [7, 11) is 0. The number of hydrogen-bond donors (Lipinski definition) is 0. The van der Waals surface area contributed by atoms with Crippen molar-refractivity contribution in [3.8, 4) is 0 Å². The van der Waals surface area contributed by atoms with E-state index in [9.17, 15) is 4.79 Å². The monoisotopic (exact) mass is 222 g/mol. The molecule has 0 aromatic carbocycles. The van der Waals surface area contributed by atoms with Crippen molar-refractivity contribution < 1.29 is 4.79 Å². The van der Waals surface area contributed by atoms with Crippen LogP contribution in [-0.2, 0) is 4.79 Å². The molecule has 1 amide bonds. The van der Waals surface area contributed by atoms with Crippen LogP contribution in [0.1, 0.15) is 57.8 Å². The third-order valence-electron chi connectivity index (χ3n) is 3.52. The third kappa shape index (κ3) is 3.32. The van der Waals surface area contributed by atoms with Gasteiger partial charge in [0.25, 0.3) is 5.91 Å². The van der Waals surface area contributed by atoms with E-state index in [1.165, 1.54) is 51.4 Å². The summed E-state index contributed by atoms with van der Waals surface area (Å²) >= 11 is 0. The summed E-state index contributed by atoms with van der Waals surface area (Å²) in [4.78, 5) is 17.7. The first kappa shape index (κ1) is 11.6. The maximum absolute atomic E-state index is 11.3. The Morgan fingerprint density at radius 3 is 2.25 bits per heavy atom. The lowest BCUT2D eigenvalue weighted by Crippen LogP contribution is -2.29. The number of amidine groups is 1. The van der Waals surface area contributed by atoms with Crippen LogP contribution in [0, 0.1) is 0 Å². The molecule has 3 heteroatoms. The zero-order valence-electron chi connectivity index (χ0n) is 10.1. The lowest BCUT2D eigenvalue weighted by Gasteiger charge is -2.19. The normalized spacial score (nSPS) is 24.4. The van der Waals surface area contributed by atoms with Crippen LogP contribution >= 0.6 is 0 Å². The molecule has 3 nitrogen and oxygen atoms in total. The van der Waals surface area contributed by atoms with Crippen LogP contribution in [0.2, 0.25) is 0 Å². The Morgan fingerprint density at radius 2 is 1.50 bits per heavy atom. The van der Waals surface area contributed by atoms with Gasteiger partial charge < -0.3 is 4.90 Å². The van der Waals surface area contributed by atoms with Crippen LogP contribution in [0.3, 0.4) is 0 Å². The molecule has 0 saturated carbocycles. The molecule has 0 bridgehead atoms. The third-order valence-corrected chi connectivity index (χ3v) is 3.52. The summed E-state index contributed by atoms with van der Waals surface area (Å²) in [6.07, 6.45) is 11.5. The van der Waals surface area contributed by atoms with E-state index in [0.717, 1.165) is 18.8 Å². The summed E-state index contributed by atoms with van der Waals surface area (Å²) in [5.74, 6) is 1.12. The number of carbonyl (C=O) groups is 1. The largest absolute Gasteiger partial charge is 0.351 e. The Balaban J connectivity index is 1.88. The highest BCUT2D eigenvalue weighted by molar-refractivity contribution is 6.01. The van der Waals surface area contributed by atoms with Gasteiger partial charge in [-0.05, 0) is 12.8 Å². The summed E-state index contributed by atoms with van der Waals surface area (Å²) < 4.78 is 0. The molecule has 0 aromatic rings. The second-order valence-corrected chi connectivity index (χ2v) is 4.92. The fourth-order valence-electron chi connectivity index (χ4n) is 2.57. The van der Waals surface area contributed by atoms with Crippen molar-refractivity contribution >= 4 is 11.7 Å². The highest BCUT2D eigenvalue weighted by atomic mass is 16.2. The predicted octanol–water partition coefficient (Wildman–Crippen LogP) is 2.75. The Bertz CT molecular complexity index is 273. The number of aliphatic imine (C=N–C) groups is 1. The molecule has 0 aliphatic carbocycles. The van der Waals surface area contributed by atoms with Gasteiger partial charge in [-0.2, -0.15) is 4.99 Å². The van der Waals surface area contributed by atoms with Gasteiger partial charge in [0, 0.05) is 13.0 Å². The molecule has 2 rings (SSSR count). The first-order valence-electron chi connectivity index (χ1n) is 6.71. The Hall–Kier alpha value is -0.860. The van der Waals surface area contributed by atoms with Gasteiger partial charge in [-0.3, -0.25) is 4.79 Å². The number of nitrogens with zero attached hydrogens (tertiary/aromatic N) is 2. The summed E-state index contributed by atoms with van der Waals surface area (Å²) in [5, 5.41) is 0. The summed E-state index contributed by atoms with van der Waals surface area (Å²) in [6.45, 7) is 1.57. The van der Waals surface area contributed by atoms with Gasteiger partial charge in [-0.25, -0.2) is 0 Å². The van der Waals surface area contributed by atoms with Gasteiger partial charge in [-0.1, -0.05) is 38.5 Å². The van der Waals surface area contributed by atoms with Crippen molar-refractivity contribution in [2.45, 2.75) is 57.8 Å². The van der Waals surface area contributed by atoms with Crippen molar-refractivity contribution in [1.29, 1.82) is 0 Å². The number of hydrogen-bond acceptors (Lipinski definition) is 2. The molecule has 2 aliphatic rings. The smallest absolute Gasteiger partial charge is 0.266 e. The lowest BCUT2D eigenvalue weighted by molar-refractivity contribution is -0.117. The van der Waals surface area contributed by atoms with E-state index in [2.05, 4.69) is 9.89 Å². The highest BCUT2D eigenvalue weighted by Gasteiger charge is 2.21. The van der Waals surface area contributed by atoms with Crippen molar-refractivity contribution in [2.75, 3.05) is 13.1 Å². The Kier molecular flexibility index (Phi) is 4.37. The van der Waals surface area contributed by atoms with Crippen LogP contribution in [0.15, 0.2) is 4.99 Å². The standard InChI is InChI=1S/C13H22N2O/c16-13-11-15-10-8-6-4-2-1-3-5-7-9-12(15)14-13/h1-11H2. The highest BCUT2D eigenvalue weighted by Crippen LogP contribution is 2.16. The second kappa shape index (κ2) is 6.02. The first-order chi connectivity index (χ1) is 7.86. The van der Waals surface area contributed by atoms with Gasteiger partial charge in [0.1, 0.15) is 12.4 Å². The molecule has 0 spiro atoms. The maximum Gasteiger partial charge on any atom is 0.266 e. The fourth-order valence-corrected chi connectivity index (χ4v) is 2.57. The van der Waals surface area contributed by atoms with Crippen LogP contribution in [0.5, 0.6) is 0 Å². The van der Waals surface area contributed by atoms with Crippen molar-refractivity contribution in [2.24, 2.45) is 4.99 Å². The zero-order valence-corrected chi connectivity index (χ0v) is 10.1. The van der Waals surface area contributed by atoms with Crippen molar-refractivity contribution in [3.63, 3.8) is 0 Å². The van der Waals surface area contributed by atoms with E-state index < -0.39 is 0 Å². The number of carbonyl (C=O) groups excluding carboxylic acids is 1. The maximum atomic E-state index is 11.3. The van der Waals surface area contributed by atoms with Crippen molar-refractivity contribution in [1.82, 2.24) is 4.90 Å². The molecule has 2 heterocycles. The number of amides is 1. The van der Waals surface area contributed by atoms with Crippen LogP contribution in [0.4, 0.5) is 0 Å². The van der Waals surface area contributed by atoms with Crippen LogP contribution in [-0.4, -0.2) is 29.7 Å². The minimum atomic E-state index is 0.0601.